The lowest BCUT2D eigenvalue weighted by Gasteiger charge is -2.15. The second-order valence-corrected chi connectivity index (χ2v) is 8.84. The van der Waals surface area contributed by atoms with Crippen molar-refractivity contribution in [3.63, 3.8) is 0 Å². The largest absolute Gasteiger partial charge is 0.494 e. The standard InChI is InChI=1S/C30H33N3O4/c1-3-36-29(35)22-32(2)28(34)17-11-6-12-20-37-25-18-19-26-27(21-25)33(24-15-9-5-10-16-24)30(31-26)23-13-7-4-8-14-23/h4-5,7-10,13-16,18-19,21H,3,6,11-12,17,20,22H2,1-2H3. The highest BCUT2D eigenvalue weighted by Crippen LogP contribution is 2.30. The third-order valence-electron chi connectivity index (χ3n) is 6.07. The molecule has 7 heteroatoms. The third kappa shape index (κ3) is 6.76. The van der Waals surface area contributed by atoms with Crippen LogP contribution in [0.5, 0.6) is 5.75 Å². The van der Waals surface area contributed by atoms with Gasteiger partial charge in [0, 0.05) is 30.8 Å². The Morgan fingerprint density at radius 1 is 0.919 bits per heavy atom. The van der Waals surface area contributed by atoms with Gasteiger partial charge in [-0.25, -0.2) is 4.98 Å². The van der Waals surface area contributed by atoms with E-state index in [0.29, 0.717) is 19.6 Å². The number of amides is 1. The second kappa shape index (κ2) is 12.7. The molecule has 3 aromatic carbocycles. The minimum atomic E-state index is -0.381. The number of aromatic nitrogens is 2. The number of hydrogen-bond donors (Lipinski definition) is 0. The second-order valence-electron chi connectivity index (χ2n) is 8.84. The summed E-state index contributed by atoms with van der Waals surface area (Å²) in [4.78, 5) is 30.1. The first-order valence-electron chi connectivity index (χ1n) is 12.7. The summed E-state index contributed by atoms with van der Waals surface area (Å²) in [6.45, 7) is 2.61. The van der Waals surface area contributed by atoms with Gasteiger partial charge in [-0.3, -0.25) is 14.2 Å². The van der Waals surface area contributed by atoms with Gasteiger partial charge in [0.15, 0.2) is 0 Å². The molecule has 1 heterocycles. The number of carbonyl (C=O) groups excluding carboxylic acids is 2. The topological polar surface area (TPSA) is 73.7 Å². The van der Waals surface area contributed by atoms with Gasteiger partial charge in [0.05, 0.1) is 24.2 Å². The zero-order valence-electron chi connectivity index (χ0n) is 21.4. The smallest absolute Gasteiger partial charge is 0.325 e. The van der Waals surface area contributed by atoms with E-state index in [-0.39, 0.29) is 18.4 Å². The minimum Gasteiger partial charge on any atom is -0.494 e. The Labute approximate surface area is 217 Å². The summed E-state index contributed by atoms with van der Waals surface area (Å²) in [5.41, 5.74) is 3.98. The number of para-hydroxylation sites is 1. The van der Waals surface area contributed by atoms with Crippen molar-refractivity contribution in [2.75, 3.05) is 26.8 Å². The average molecular weight is 500 g/mol. The third-order valence-corrected chi connectivity index (χ3v) is 6.07. The van der Waals surface area contributed by atoms with Crippen molar-refractivity contribution in [1.82, 2.24) is 14.5 Å². The summed E-state index contributed by atoms with van der Waals surface area (Å²) in [5, 5.41) is 0. The number of hydrogen-bond acceptors (Lipinski definition) is 5. The molecule has 4 rings (SSSR count). The fourth-order valence-corrected chi connectivity index (χ4v) is 4.19. The van der Waals surface area contributed by atoms with Crippen molar-refractivity contribution in [3.05, 3.63) is 78.9 Å². The van der Waals surface area contributed by atoms with Gasteiger partial charge in [0.1, 0.15) is 18.1 Å². The Bertz CT molecular complexity index is 1320. The molecule has 0 radical (unpaired) electrons. The lowest BCUT2D eigenvalue weighted by Crippen LogP contribution is -2.32. The first kappa shape index (κ1) is 25.9. The predicted molar refractivity (Wildman–Crippen MR) is 145 cm³/mol. The number of benzene rings is 3. The molecule has 192 valence electrons. The summed E-state index contributed by atoms with van der Waals surface area (Å²) >= 11 is 0. The Balaban J connectivity index is 1.36. The van der Waals surface area contributed by atoms with Gasteiger partial charge in [-0.1, -0.05) is 48.5 Å². The molecule has 37 heavy (non-hydrogen) atoms. The van der Waals surface area contributed by atoms with Crippen molar-refractivity contribution in [1.29, 1.82) is 0 Å². The molecule has 0 saturated heterocycles. The maximum atomic E-state index is 12.2. The number of rotatable bonds is 12. The van der Waals surface area contributed by atoms with Crippen LogP contribution in [-0.2, 0) is 14.3 Å². The first-order chi connectivity index (χ1) is 18.1. The molecular formula is C30H33N3O4. The molecule has 1 aromatic heterocycles. The Morgan fingerprint density at radius 3 is 2.38 bits per heavy atom. The normalized spacial score (nSPS) is 10.9. The highest BCUT2D eigenvalue weighted by Gasteiger charge is 2.15. The van der Waals surface area contributed by atoms with Crippen LogP contribution in [0.2, 0.25) is 0 Å². The van der Waals surface area contributed by atoms with Gasteiger partial charge in [-0.2, -0.15) is 0 Å². The maximum Gasteiger partial charge on any atom is 0.325 e. The van der Waals surface area contributed by atoms with Gasteiger partial charge >= 0.3 is 5.97 Å². The number of unbranched alkanes of at least 4 members (excludes halogenated alkanes) is 2. The van der Waals surface area contributed by atoms with Gasteiger partial charge < -0.3 is 14.4 Å². The van der Waals surface area contributed by atoms with E-state index >= 15 is 0 Å². The highest BCUT2D eigenvalue weighted by atomic mass is 16.5. The molecule has 0 N–H and O–H groups in total. The number of likely N-dealkylation sites (N-methyl/N-ethyl adjacent to an activating group) is 1. The zero-order valence-corrected chi connectivity index (χ0v) is 21.4. The molecule has 0 aliphatic heterocycles. The number of fused-ring (bicyclic) bond motifs is 1. The SMILES string of the molecule is CCOC(=O)CN(C)C(=O)CCCCCOc1ccc2nc(-c3ccccc3)n(-c3ccccc3)c2c1. The van der Waals surface area contributed by atoms with Crippen molar-refractivity contribution in [2.45, 2.75) is 32.6 Å². The van der Waals surface area contributed by atoms with Crippen molar-refractivity contribution in [2.24, 2.45) is 0 Å². The quantitative estimate of drug-likeness (QED) is 0.186. The van der Waals surface area contributed by atoms with E-state index in [1.807, 2.05) is 54.6 Å². The van der Waals surface area contributed by atoms with E-state index in [4.69, 9.17) is 14.5 Å². The van der Waals surface area contributed by atoms with E-state index in [1.54, 1.807) is 14.0 Å². The Kier molecular flexibility index (Phi) is 8.92. The van der Waals surface area contributed by atoms with Crippen LogP contribution < -0.4 is 4.74 Å². The van der Waals surface area contributed by atoms with Crippen molar-refractivity contribution >= 4 is 22.9 Å². The fourth-order valence-electron chi connectivity index (χ4n) is 4.19. The molecule has 1 amide bonds. The molecule has 0 unspecified atom stereocenters. The monoisotopic (exact) mass is 499 g/mol. The molecular weight excluding hydrogens is 466 g/mol. The Morgan fingerprint density at radius 2 is 1.65 bits per heavy atom. The number of carbonyl (C=O) groups is 2. The summed E-state index contributed by atoms with van der Waals surface area (Å²) in [6.07, 6.45) is 2.84. The molecule has 0 aliphatic carbocycles. The molecule has 0 aliphatic rings. The van der Waals surface area contributed by atoms with Crippen LogP contribution >= 0.6 is 0 Å². The highest BCUT2D eigenvalue weighted by molar-refractivity contribution is 5.84. The van der Waals surface area contributed by atoms with Crippen LogP contribution in [0.4, 0.5) is 0 Å². The van der Waals surface area contributed by atoms with Gasteiger partial charge in [-0.15, -0.1) is 0 Å². The number of esters is 1. The fraction of sp³-hybridized carbons (Fsp3) is 0.300. The lowest BCUT2D eigenvalue weighted by atomic mass is 10.2. The van der Waals surface area contributed by atoms with E-state index in [0.717, 1.165) is 53.1 Å². The van der Waals surface area contributed by atoms with Crippen LogP contribution in [-0.4, -0.2) is 53.1 Å². The van der Waals surface area contributed by atoms with Gasteiger partial charge in [0.2, 0.25) is 5.91 Å². The van der Waals surface area contributed by atoms with Crippen LogP contribution in [0.25, 0.3) is 28.1 Å². The lowest BCUT2D eigenvalue weighted by molar-refractivity contribution is -0.148. The van der Waals surface area contributed by atoms with E-state index in [9.17, 15) is 9.59 Å². The van der Waals surface area contributed by atoms with Gasteiger partial charge in [-0.05, 0) is 50.5 Å². The Hall–Kier alpha value is -4.13. The van der Waals surface area contributed by atoms with Crippen LogP contribution in [0.3, 0.4) is 0 Å². The first-order valence-corrected chi connectivity index (χ1v) is 12.7. The number of imidazole rings is 1. The van der Waals surface area contributed by atoms with Crippen LogP contribution in [0.15, 0.2) is 78.9 Å². The zero-order chi connectivity index (χ0) is 26.0. The molecule has 4 aromatic rings. The summed E-state index contributed by atoms with van der Waals surface area (Å²) in [6, 6.07) is 26.4. The van der Waals surface area contributed by atoms with Gasteiger partial charge in [0.25, 0.3) is 0 Å². The van der Waals surface area contributed by atoms with E-state index in [1.165, 1.54) is 4.90 Å². The molecule has 0 bridgehead atoms. The molecule has 0 spiro atoms. The molecule has 0 saturated carbocycles. The number of nitrogens with zero attached hydrogens (tertiary/aromatic N) is 3. The summed E-state index contributed by atoms with van der Waals surface area (Å²) in [7, 11) is 1.63. The van der Waals surface area contributed by atoms with E-state index < -0.39 is 0 Å². The van der Waals surface area contributed by atoms with Crippen LogP contribution in [0.1, 0.15) is 32.6 Å². The van der Waals surface area contributed by atoms with Crippen molar-refractivity contribution in [3.8, 4) is 22.8 Å². The number of ether oxygens (including phenoxy) is 2. The van der Waals surface area contributed by atoms with E-state index in [2.05, 4.69) is 28.8 Å². The van der Waals surface area contributed by atoms with Crippen molar-refractivity contribution < 1.29 is 19.1 Å². The average Bonchev–Trinajstić information content (AvgIpc) is 3.30. The molecule has 0 fully saturated rings. The molecule has 7 nitrogen and oxygen atoms in total. The minimum absolute atomic E-state index is 0.0101. The molecule has 0 atom stereocenters. The summed E-state index contributed by atoms with van der Waals surface area (Å²) in [5.74, 6) is 1.24. The van der Waals surface area contributed by atoms with Crippen LogP contribution in [0, 0.1) is 0 Å². The maximum absolute atomic E-state index is 12.2. The predicted octanol–water partition coefficient (Wildman–Crippen LogP) is 5.65. The summed E-state index contributed by atoms with van der Waals surface area (Å²) < 4.78 is 13.1.